The van der Waals surface area contributed by atoms with E-state index in [1.54, 1.807) is 18.0 Å². The number of aliphatic hydroxyl groups is 1. The lowest BCUT2D eigenvalue weighted by Gasteiger charge is -2.10. The Morgan fingerprint density at radius 2 is 1.83 bits per heavy atom. The van der Waals surface area contributed by atoms with E-state index in [1.807, 2.05) is 19.1 Å². The lowest BCUT2D eigenvalue weighted by molar-refractivity contribution is 0.203. The maximum absolute atomic E-state index is 10.1. The molecule has 0 radical (unpaired) electrons. The van der Waals surface area contributed by atoms with Gasteiger partial charge < -0.3 is 5.11 Å². The lowest BCUT2D eigenvalue weighted by Crippen LogP contribution is -2.01. The smallest absolute Gasteiger partial charge is 0.0898 e. The minimum Gasteiger partial charge on any atom is -0.387 e. The van der Waals surface area contributed by atoms with E-state index >= 15 is 0 Å². The van der Waals surface area contributed by atoms with Crippen LogP contribution in [-0.4, -0.2) is 15.8 Å². The van der Waals surface area contributed by atoms with Gasteiger partial charge in [0.1, 0.15) is 0 Å². The van der Waals surface area contributed by atoms with Crippen LogP contribution in [0.5, 0.6) is 0 Å². The first-order valence-corrected chi connectivity index (χ1v) is 6.94. The van der Waals surface area contributed by atoms with Gasteiger partial charge in [-0.25, -0.2) is 0 Å². The van der Waals surface area contributed by atoms with Gasteiger partial charge in [-0.15, -0.1) is 11.8 Å². The number of aromatic nitrogens is 1. The maximum atomic E-state index is 10.1. The Kier molecular flexibility index (Phi) is 4.39. The van der Waals surface area contributed by atoms with Crippen molar-refractivity contribution in [2.45, 2.75) is 24.8 Å². The van der Waals surface area contributed by atoms with Crippen LogP contribution in [0.3, 0.4) is 0 Å². The van der Waals surface area contributed by atoms with Crippen LogP contribution in [0.1, 0.15) is 22.9 Å². The molecule has 0 aliphatic carbocycles. The zero-order valence-electron chi connectivity index (χ0n) is 10.6. The average Bonchev–Trinajstić information content (AvgIpc) is 2.38. The van der Waals surface area contributed by atoms with Crippen molar-refractivity contribution in [3.8, 4) is 0 Å². The fraction of sp³-hybridized carbons (Fsp3) is 0.267. The molecule has 1 aromatic carbocycles. The third-order valence-electron chi connectivity index (χ3n) is 2.75. The number of aliphatic hydroxyl groups excluding tert-OH is 1. The predicted molar refractivity (Wildman–Crippen MR) is 75.8 cm³/mol. The van der Waals surface area contributed by atoms with Crippen LogP contribution < -0.4 is 0 Å². The van der Waals surface area contributed by atoms with E-state index in [-0.39, 0.29) is 0 Å². The Morgan fingerprint density at radius 3 is 2.44 bits per heavy atom. The highest BCUT2D eigenvalue weighted by molar-refractivity contribution is 7.99. The topological polar surface area (TPSA) is 33.1 Å². The highest BCUT2D eigenvalue weighted by Crippen LogP contribution is 2.24. The van der Waals surface area contributed by atoms with Crippen LogP contribution in [-0.2, 0) is 0 Å². The standard InChI is InChI=1S/C15H17NOS/c1-11-3-7-14(8-4-11)18-10-15(17)13-6-5-12(2)16-9-13/h3-9,15,17H,10H2,1-2H3. The SMILES string of the molecule is Cc1ccc(SCC(O)c2ccc(C)nc2)cc1. The third kappa shape index (κ3) is 3.59. The van der Waals surface area contributed by atoms with Crippen LogP contribution >= 0.6 is 11.8 Å². The van der Waals surface area contributed by atoms with Gasteiger partial charge in [0.05, 0.1) is 6.10 Å². The zero-order valence-corrected chi connectivity index (χ0v) is 11.4. The van der Waals surface area contributed by atoms with Crippen molar-refractivity contribution in [1.82, 2.24) is 4.98 Å². The molecule has 0 saturated heterocycles. The van der Waals surface area contributed by atoms with Gasteiger partial charge >= 0.3 is 0 Å². The molecule has 0 amide bonds. The lowest BCUT2D eigenvalue weighted by atomic mass is 10.2. The molecule has 2 aromatic rings. The monoisotopic (exact) mass is 259 g/mol. The molecule has 1 N–H and O–H groups in total. The number of benzene rings is 1. The normalized spacial score (nSPS) is 12.4. The molecular formula is C15H17NOS. The van der Waals surface area contributed by atoms with Gasteiger partial charge in [-0.3, -0.25) is 4.98 Å². The van der Waals surface area contributed by atoms with Gasteiger partial charge in [0, 0.05) is 22.5 Å². The summed E-state index contributed by atoms with van der Waals surface area (Å²) in [6.45, 7) is 4.01. The molecule has 2 rings (SSSR count). The van der Waals surface area contributed by atoms with Crippen molar-refractivity contribution in [3.05, 3.63) is 59.4 Å². The van der Waals surface area contributed by atoms with Gasteiger partial charge in [-0.2, -0.15) is 0 Å². The van der Waals surface area contributed by atoms with Gasteiger partial charge in [0.25, 0.3) is 0 Å². The number of hydrogen-bond donors (Lipinski definition) is 1. The van der Waals surface area contributed by atoms with Crippen molar-refractivity contribution in [2.75, 3.05) is 5.75 Å². The summed E-state index contributed by atoms with van der Waals surface area (Å²) in [5.74, 6) is 0.647. The average molecular weight is 259 g/mol. The van der Waals surface area contributed by atoms with E-state index < -0.39 is 6.10 Å². The maximum Gasteiger partial charge on any atom is 0.0898 e. The Labute approximate surface area is 112 Å². The first-order valence-electron chi connectivity index (χ1n) is 5.95. The predicted octanol–water partition coefficient (Wildman–Crippen LogP) is 3.52. The molecule has 0 bridgehead atoms. The molecule has 0 fully saturated rings. The van der Waals surface area contributed by atoms with E-state index in [1.165, 1.54) is 10.5 Å². The molecular weight excluding hydrogens is 242 g/mol. The van der Waals surface area contributed by atoms with Crippen molar-refractivity contribution in [1.29, 1.82) is 0 Å². The molecule has 2 nitrogen and oxygen atoms in total. The number of nitrogens with zero attached hydrogens (tertiary/aromatic N) is 1. The summed E-state index contributed by atoms with van der Waals surface area (Å²) in [5, 5.41) is 10.1. The summed E-state index contributed by atoms with van der Waals surface area (Å²) < 4.78 is 0. The van der Waals surface area contributed by atoms with Crippen LogP contribution in [0, 0.1) is 13.8 Å². The highest BCUT2D eigenvalue weighted by Gasteiger charge is 2.08. The van der Waals surface area contributed by atoms with Crippen molar-refractivity contribution < 1.29 is 5.11 Å². The summed E-state index contributed by atoms with van der Waals surface area (Å²) in [6.07, 6.45) is 1.28. The summed E-state index contributed by atoms with van der Waals surface area (Å²) >= 11 is 1.66. The Balaban J connectivity index is 1.93. The van der Waals surface area contributed by atoms with Gasteiger partial charge in [0.2, 0.25) is 0 Å². The summed E-state index contributed by atoms with van der Waals surface area (Å²) in [5.41, 5.74) is 3.10. The van der Waals surface area contributed by atoms with Crippen LogP contribution in [0.25, 0.3) is 0 Å². The fourth-order valence-electron chi connectivity index (χ4n) is 1.58. The second kappa shape index (κ2) is 6.03. The van der Waals surface area contributed by atoms with Crippen LogP contribution in [0.2, 0.25) is 0 Å². The van der Waals surface area contributed by atoms with E-state index in [4.69, 9.17) is 0 Å². The first kappa shape index (κ1) is 13.1. The van der Waals surface area contributed by atoms with Crippen molar-refractivity contribution in [3.63, 3.8) is 0 Å². The molecule has 0 aliphatic heterocycles. The molecule has 1 atom stereocenters. The van der Waals surface area contributed by atoms with Gasteiger partial charge in [-0.1, -0.05) is 23.8 Å². The molecule has 18 heavy (non-hydrogen) atoms. The number of hydrogen-bond acceptors (Lipinski definition) is 3. The second-order valence-corrected chi connectivity index (χ2v) is 5.47. The van der Waals surface area contributed by atoms with Crippen molar-refractivity contribution in [2.24, 2.45) is 0 Å². The van der Waals surface area contributed by atoms with Crippen LogP contribution in [0.15, 0.2) is 47.5 Å². The molecule has 0 aliphatic rings. The molecule has 0 spiro atoms. The fourth-order valence-corrected chi connectivity index (χ4v) is 2.45. The Morgan fingerprint density at radius 1 is 1.11 bits per heavy atom. The third-order valence-corrected chi connectivity index (χ3v) is 3.84. The van der Waals surface area contributed by atoms with Crippen LogP contribution in [0.4, 0.5) is 0 Å². The van der Waals surface area contributed by atoms with Gasteiger partial charge in [-0.05, 0) is 37.6 Å². The van der Waals surface area contributed by atoms with Crippen molar-refractivity contribution >= 4 is 11.8 Å². The first-order chi connectivity index (χ1) is 8.65. The molecule has 1 aromatic heterocycles. The minimum atomic E-state index is -0.468. The largest absolute Gasteiger partial charge is 0.387 e. The number of thioether (sulfide) groups is 1. The number of rotatable bonds is 4. The molecule has 94 valence electrons. The summed E-state index contributed by atoms with van der Waals surface area (Å²) in [6, 6.07) is 12.2. The molecule has 3 heteroatoms. The zero-order chi connectivity index (χ0) is 13.0. The number of aryl methyl sites for hydroxylation is 2. The molecule has 0 saturated carbocycles. The quantitative estimate of drug-likeness (QED) is 0.853. The Hall–Kier alpha value is -1.32. The Bertz CT molecular complexity index is 493. The minimum absolute atomic E-state index is 0.468. The van der Waals surface area contributed by atoms with E-state index in [0.717, 1.165) is 11.3 Å². The van der Waals surface area contributed by atoms with E-state index in [0.29, 0.717) is 5.75 Å². The van der Waals surface area contributed by atoms with E-state index in [2.05, 4.69) is 36.2 Å². The number of pyridine rings is 1. The molecule has 1 heterocycles. The molecule has 1 unspecified atom stereocenters. The van der Waals surface area contributed by atoms with Gasteiger partial charge in [0.15, 0.2) is 0 Å². The highest BCUT2D eigenvalue weighted by atomic mass is 32.2. The summed E-state index contributed by atoms with van der Waals surface area (Å²) in [4.78, 5) is 5.38. The summed E-state index contributed by atoms with van der Waals surface area (Å²) in [7, 11) is 0. The van der Waals surface area contributed by atoms with E-state index in [9.17, 15) is 5.11 Å². The second-order valence-electron chi connectivity index (χ2n) is 4.37.